The molecule has 274 valence electrons. The van der Waals surface area contributed by atoms with Gasteiger partial charge in [-0.15, -0.1) is 0 Å². The van der Waals surface area contributed by atoms with E-state index in [1.54, 1.807) is 0 Å². The Hall–Kier alpha value is -7.28. The van der Waals surface area contributed by atoms with Crippen LogP contribution in [0.3, 0.4) is 0 Å². The maximum Gasteiger partial charge on any atom is 0.0159 e. The monoisotopic (exact) mass is 746 g/mol. The SMILES string of the molecule is CC1(C)c2cc3c4ccccc4c4ccccc4c3cc2-c2cc3c4ccccc4c4cc(-c5ccc6cc(-c7ccc8ccccc8c7)ccc6c5)ccc4c3cc21. The van der Waals surface area contributed by atoms with Gasteiger partial charge in [-0.1, -0.05) is 159 Å². The van der Waals surface area contributed by atoms with Gasteiger partial charge in [-0.3, -0.25) is 0 Å². The topological polar surface area (TPSA) is 0 Å². The highest BCUT2D eigenvalue weighted by Gasteiger charge is 2.37. The summed E-state index contributed by atoms with van der Waals surface area (Å²) in [5.41, 5.74) is 10.3. The van der Waals surface area contributed by atoms with Crippen molar-refractivity contribution < 1.29 is 0 Å². The summed E-state index contributed by atoms with van der Waals surface area (Å²) in [5.74, 6) is 0. The van der Waals surface area contributed by atoms with E-state index in [0.717, 1.165) is 0 Å². The van der Waals surface area contributed by atoms with E-state index in [4.69, 9.17) is 0 Å². The molecule has 0 amide bonds. The minimum Gasteiger partial charge on any atom is -0.0616 e. The van der Waals surface area contributed by atoms with Crippen molar-refractivity contribution in [3.05, 3.63) is 205 Å². The number of hydrogen-bond acceptors (Lipinski definition) is 0. The van der Waals surface area contributed by atoms with Gasteiger partial charge in [0.25, 0.3) is 0 Å². The van der Waals surface area contributed by atoms with E-state index in [2.05, 4.69) is 208 Å². The molecule has 12 aromatic rings. The number of rotatable bonds is 2. The molecule has 0 bridgehead atoms. The summed E-state index contributed by atoms with van der Waals surface area (Å²) in [6.45, 7) is 4.84. The van der Waals surface area contributed by atoms with Crippen LogP contribution in [-0.4, -0.2) is 0 Å². The van der Waals surface area contributed by atoms with Crippen molar-refractivity contribution in [2.24, 2.45) is 0 Å². The summed E-state index contributed by atoms with van der Waals surface area (Å²) in [4.78, 5) is 0. The molecule has 1 aliphatic rings. The maximum atomic E-state index is 2.53. The first-order chi connectivity index (χ1) is 29.0. The average molecular weight is 747 g/mol. The maximum absolute atomic E-state index is 2.53. The molecule has 0 unspecified atom stereocenters. The second-order valence-electron chi connectivity index (χ2n) is 17.2. The Labute approximate surface area is 342 Å². The van der Waals surface area contributed by atoms with Crippen LogP contribution in [0.25, 0.3) is 120 Å². The Morgan fingerprint density at radius 2 is 0.542 bits per heavy atom. The van der Waals surface area contributed by atoms with Crippen LogP contribution in [0.2, 0.25) is 0 Å². The lowest BCUT2D eigenvalue weighted by atomic mass is 9.80. The van der Waals surface area contributed by atoms with Crippen LogP contribution in [-0.2, 0) is 5.41 Å². The first kappa shape index (κ1) is 32.8. The molecule has 0 saturated carbocycles. The van der Waals surface area contributed by atoms with Crippen molar-refractivity contribution >= 4 is 86.2 Å². The van der Waals surface area contributed by atoms with Gasteiger partial charge in [-0.25, -0.2) is 0 Å². The van der Waals surface area contributed by atoms with Gasteiger partial charge in [0, 0.05) is 5.41 Å². The van der Waals surface area contributed by atoms with Crippen LogP contribution in [0.5, 0.6) is 0 Å². The minimum absolute atomic E-state index is 0.156. The van der Waals surface area contributed by atoms with Crippen molar-refractivity contribution in [3.63, 3.8) is 0 Å². The van der Waals surface area contributed by atoms with Crippen LogP contribution in [0.4, 0.5) is 0 Å². The molecule has 13 rings (SSSR count). The van der Waals surface area contributed by atoms with E-state index in [-0.39, 0.29) is 5.41 Å². The van der Waals surface area contributed by atoms with E-state index in [1.165, 1.54) is 131 Å². The van der Waals surface area contributed by atoms with Crippen molar-refractivity contribution in [2.45, 2.75) is 19.3 Å². The van der Waals surface area contributed by atoms with Crippen LogP contribution in [0, 0.1) is 0 Å². The van der Waals surface area contributed by atoms with Crippen LogP contribution in [0.15, 0.2) is 194 Å². The molecule has 0 aliphatic heterocycles. The van der Waals surface area contributed by atoms with Crippen LogP contribution >= 0.6 is 0 Å². The highest BCUT2D eigenvalue weighted by atomic mass is 14.4. The standard InChI is InChI=1S/C59H38/c1-59(2)57-33-53-46-16-8-6-14-44(46)43-13-5-7-15-45(43)51(53)31-55(57)56-32-52-48-18-10-9-17-47(48)50-30-42(25-26-49(50)54(52)34-58(56)59)41-24-23-39-28-38(21-22-40(39)29-41)37-20-19-35-11-3-4-12-36(35)27-37/h3-34H,1-2H3. The molecule has 0 heteroatoms. The number of benzene rings is 12. The van der Waals surface area contributed by atoms with Crippen molar-refractivity contribution in [1.29, 1.82) is 0 Å². The van der Waals surface area contributed by atoms with E-state index in [0.29, 0.717) is 0 Å². The highest BCUT2D eigenvalue weighted by molar-refractivity contribution is 6.28. The molecule has 0 fully saturated rings. The third-order valence-corrected chi connectivity index (χ3v) is 13.8. The predicted molar refractivity (Wildman–Crippen MR) is 255 cm³/mol. The van der Waals surface area contributed by atoms with Crippen molar-refractivity contribution in [2.75, 3.05) is 0 Å². The van der Waals surface area contributed by atoms with Crippen LogP contribution in [0.1, 0.15) is 25.0 Å². The quantitative estimate of drug-likeness (QED) is 0.155. The molecular formula is C59H38. The summed E-state index contributed by atoms with van der Waals surface area (Å²) in [6.07, 6.45) is 0. The fourth-order valence-electron chi connectivity index (χ4n) is 10.7. The third-order valence-electron chi connectivity index (χ3n) is 13.8. The smallest absolute Gasteiger partial charge is 0.0159 e. The normalized spacial score (nSPS) is 13.4. The zero-order chi connectivity index (χ0) is 39.0. The molecule has 0 aromatic heterocycles. The van der Waals surface area contributed by atoms with Gasteiger partial charge in [-0.2, -0.15) is 0 Å². The third kappa shape index (κ3) is 4.66. The molecule has 0 heterocycles. The Morgan fingerprint density at radius 3 is 1.02 bits per heavy atom. The Morgan fingerprint density at radius 1 is 0.237 bits per heavy atom. The van der Waals surface area contributed by atoms with E-state index in [1.807, 2.05) is 0 Å². The van der Waals surface area contributed by atoms with Gasteiger partial charge in [0.05, 0.1) is 0 Å². The minimum atomic E-state index is -0.156. The molecule has 0 nitrogen and oxygen atoms in total. The second-order valence-corrected chi connectivity index (χ2v) is 17.2. The van der Waals surface area contributed by atoms with Crippen molar-refractivity contribution in [3.8, 4) is 33.4 Å². The highest BCUT2D eigenvalue weighted by Crippen LogP contribution is 2.53. The van der Waals surface area contributed by atoms with Gasteiger partial charge >= 0.3 is 0 Å². The molecule has 12 aromatic carbocycles. The molecule has 0 atom stereocenters. The number of fused-ring (bicyclic) bond motifs is 17. The molecule has 0 saturated heterocycles. The predicted octanol–water partition coefficient (Wildman–Crippen LogP) is 16.6. The lowest BCUT2D eigenvalue weighted by Gasteiger charge is -2.23. The summed E-state index contributed by atoms with van der Waals surface area (Å²) in [6, 6.07) is 73.2. The van der Waals surface area contributed by atoms with E-state index < -0.39 is 0 Å². The van der Waals surface area contributed by atoms with E-state index >= 15 is 0 Å². The Balaban J connectivity index is 0.972. The van der Waals surface area contributed by atoms with Crippen molar-refractivity contribution in [1.82, 2.24) is 0 Å². The second kappa shape index (κ2) is 11.9. The lowest BCUT2D eigenvalue weighted by Crippen LogP contribution is -2.15. The summed E-state index contributed by atoms with van der Waals surface area (Å²) < 4.78 is 0. The average Bonchev–Trinajstić information content (AvgIpc) is 3.51. The fraction of sp³-hybridized carbons (Fsp3) is 0.0508. The Bertz CT molecular complexity index is 3800. The summed E-state index contributed by atoms with van der Waals surface area (Å²) in [5, 5.41) is 20.8. The van der Waals surface area contributed by atoms with Gasteiger partial charge in [-0.05, 0) is 179 Å². The molecule has 59 heavy (non-hydrogen) atoms. The van der Waals surface area contributed by atoms with Gasteiger partial charge in [0.1, 0.15) is 0 Å². The zero-order valence-electron chi connectivity index (χ0n) is 33.0. The number of hydrogen-bond donors (Lipinski definition) is 0. The largest absolute Gasteiger partial charge is 0.0616 e. The zero-order valence-corrected chi connectivity index (χ0v) is 33.0. The fourth-order valence-corrected chi connectivity index (χ4v) is 10.7. The van der Waals surface area contributed by atoms with Gasteiger partial charge < -0.3 is 0 Å². The molecule has 1 aliphatic carbocycles. The summed E-state index contributed by atoms with van der Waals surface area (Å²) >= 11 is 0. The van der Waals surface area contributed by atoms with Crippen LogP contribution < -0.4 is 0 Å². The van der Waals surface area contributed by atoms with E-state index in [9.17, 15) is 0 Å². The first-order valence-electron chi connectivity index (χ1n) is 20.8. The Kier molecular flexibility index (Phi) is 6.60. The molecule has 0 N–H and O–H groups in total. The van der Waals surface area contributed by atoms with Gasteiger partial charge in [0.15, 0.2) is 0 Å². The van der Waals surface area contributed by atoms with Gasteiger partial charge in [0.2, 0.25) is 0 Å². The molecular weight excluding hydrogens is 709 g/mol. The molecule has 0 spiro atoms. The summed E-state index contributed by atoms with van der Waals surface area (Å²) in [7, 11) is 0. The lowest BCUT2D eigenvalue weighted by molar-refractivity contribution is 0.662. The first-order valence-corrected chi connectivity index (χ1v) is 20.8. The molecule has 0 radical (unpaired) electrons.